The van der Waals surface area contributed by atoms with Crippen LogP contribution in [-0.2, 0) is 4.74 Å². The van der Waals surface area contributed by atoms with Crippen LogP contribution in [0.1, 0.15) is 39.1 Å². The predicted molar refractivity (Wildman–Crippen MR) is 110 cm³/mol. The van der Waals surface area contributed by atoms with Crippen molar-refractivity contribution in [3.8, 4) is 0 Å². The Hall–Kier alpha value is -1.93. The van der Waals surface area contributed by atoms with E-state index in [-0.39, 0.29) is 17.9 Å². The van der Waals surface area contributed by atoms with Crippen LogP contribution in [0, 0.1) is 10.5 Å². The predicted octanol–water partition coefficient (Wildman–Crippen LogP) is 3.76. The molecule has 2 aromatic carbocycles. The van der Waals surface area contributed by atoms with Gasteiger partial charge in [0, 0.05) is 16.7 Å². The molecule has 0 aliphatic carbocycles. The average Bonchev–Trinajstić information content (AvgIpc) is 3.13. The van der Waals surface area contributed by atoms with Gasteiger partial charge in [-0.05, 0) is 66.6 Å². The number of anilines is 1. The minimum Gasteiger partial charge on any atom is -0.376 e. The monoisotopic (exact) mass is 464 g/mol. The van der Waals surface area contributed by atoms with Gasteiger partial charge in [0.15, 0.2) is 0 Å². The fraction of sp³-hybridized carbons (Fsp3) is 0.300. The second-order valence-electron chi connectivity index (χ2n) is 6.33. The van der Waals surface area contributed by atoms with E-state index < -0.39 is 0 Å². The zero-order valence-corrected chi connectivity index (χ0v) is 16.7. The zero-order chi connectivity index (χ0) is 18.5. The summed E-state index contributed by atoms with van der Waals surface area (Å²) in [6.07, 6.45) is 2.07. The molecule has 26 heavy (non-hydrogen) atoms. The number of benzene rings is 2. The van der Waals surface area contributed by atoms with Crippen molar-refractivity contribution in [1.82, 2.24) is 5.32 Å². The molecule has 0 saturated carbocycles. The van der Waals surface area contributed by atoms with Gasteiger partial charge in [0.05, 0.1) is 22.9 Å². The normalized spacial score (nSPS) is 16.3. The minimum absolute atomic E-state index is 0.0786. The van der Waals surface area contributed by atoms with Crippen molar-refractivity contribution in [2.75, 3.05) is 18.5 Å². The Balaban J connectivity index is 1.71. The molecule has 1 atom stereocenters. The van der Waals surface area contributed by atoms with Gasteiger partial charge in [-0.15, -0.1) is 0 Å². The summed E-state index contributed by atoms with van der Waals surface area (Å²) in [4.78, 5) is 25.2. The largest absolute Gasteiger partial charge is 0.376 e. The van der Waals surface area contributed by atoms with Crippen LogP contribution in [-0.4, -0.2) is 31.1 Å². The van der Waals surface area contributed by atoms with Gasteiger partial charge in [-0.2, -0.15) is 0 Å². The lowest BCUT2D eigenvalue weighted by Gasteiger charge is -2.14. The molecule has 2 aromatic rings. The third-order valence-electron chi connectivity index (χ3n) is 4.30. The quantitative estimate of drug-likeness (QED) is 0.663. The summed E-state index contributed by atoms with van der Waals surface area (Å²) in [5, 5.41) is 5.76. The number of hydrogen-bond acceptors (Lipinski definition) is 3. The molecule has 5 nitrogen and oxygen atoms in total. The summed E-state index contributed by atoms with van der Waals surface area (Å²) in [6.45, 7) is 3.22. The van der Waals surface area contributed by atoms with Crippen molar-refractivity contribution in [2.24, 2.45) is 0 Å². The van der Waals surface area contributed by atoms with Gasteiger partial charge in [-0.1, -0.05) is 23.8 Å². The maximum absolute atomic E-state index is 12.6. The SMILES string of the molecule is Cc1ccc(C(=O)Nc2ccccc2C(=O)NCC2CCCO2)c(I)c1. The van der Waals surface area contributed by atoms with Crippen molar-refractivity contribution >= 4 is 40.1 Å². The van der Waals surface area contributed by atoms with E-state index in [2.05, 4.69) is 33.2 Å². The highest BCUT2D eigenvalue weighted by Crippen LogP contribution is 2.20. The van der Waals surface area contributed by atoms with Gasteiger partial charge in [0.1, 0.15) is 0 Å². The zero-order valence-electron chi connectivity index (χ0n) is 14.5. The summed E-state index contributed by atoms with van der Waals surface area (Å²) in [5.41, 5.74) is 2.63. The van der Waals surface area contributed by atoms with Gasteiger partial charge in [0.2, 0.25) is 0 Å². The lowest BCUT2D eigenvalue weighted by Crippen LogP contribution is -2.32. The molecule has 136 valence electrons. The molecule has 1 aliphatic heterocycles. The van der Waals surface area contributed by atoms with Gasteiger partial charge >= 0.3 is 0 Å². The van der Waals surface area contributed by atoms with Crippen LogP contribution in [0.15, 0.2) is 42.5 Å². The van der Waals surface area contributed by atoms with Gasteiger partial charge in [-0.25, -0.2) is 0 Å². The van der Waals surface area contributed by atoms with Crippen LogP contribution in [0.5, 0.6) is 0 Å². The highest BCUT2D eigenvalue weighted by Gasteiger charge is 2.19. The fourth-order valence-electron chi connectivity index (χ4n) is 2.89. The molecular weight excluding hydrogens is 443 g/mol. The summed E-state index contributed by atoms with van der Waals surface area (Å²) < 4.78 is 6.40. The van der Waals surface area contributed by atoms with Crippen molar-refractivity contribution < 1.29 is 14.3 Å². The van der Waals surface area contributed by atoms with E-state index in [1.165, 1.54) is 0 Å². The minimum atomic E-state index is -0.228. The summed E-state index contributed by atoms with van der Waals surface area (Å²) in [6, 6.07) is 12.7. The first kappa shape index (κ1) is 18.8. The lowest BCUT2D eigenvalue weighted by molar-refractivity contribution is 0.0858. The number of amides is 2. The molecule has 2 N–H and O–H groups in total. The number of ether oxygens (including phenoxy) is 1. The highest BCUT2D eigenvalue weighted by molar-refractivity contribution is 14.1. The first-order valence-electron chi connectivity index (χ1n) is 8.61. The summed E-state index contributed by atoms with van der Waals surface area (Å²) in [5.74, 6) is -0.441. The number of nitrogens with one attached hydrogen (secondary N) is 2. The van der Waals surface area contributed by atoms with E-state index in [0.717, 1.165) is 28.6 Å². The lowest BCUT2D eigenvalue weighted by atomic mass is 10.1. The van der Waals surface area contributed by atoms with E-state index in [1.807, 2.05) is 19.1 Å². The molecule has 1 heterocycles. The Kier molecular flexibility index (Phi) is 6.26. The topological polar surface area (TPSA) is 67.4 Å². The van der Waals surface area contributed by atoms with Gasteiger partial charge in [0.25, 0.3) is 11.8 Å². The molecule has 0 aromatic heterocycles. The molecule has 6 heteroatoms. The first-order valence-corrected chi connectivity index (χ1v) is 9.69. The molecule has 0 radical (unpaired) electrons. The number of para-hydroxylation sites is 1. The molecule has 1 aliphatic rings. The molecule has 0 spiro atoms. The first-order chi connectivity index (χ1) is 12.5. The van der Waals surface area contributed by atoms with Crippen LogP contribution < -0.4 is 10.6 Å². The highest BCUT2D eigenvalue weighted by atomic mass is 127. The van der Waals surface area contributed by atoms with Crippen molar-refractivity contribution in [3.05, 3.63) is 62.7 Å². The molecule has 1 saturated heterocycles. The second-order valence-corrected chi connectivity index (χ2v) is 7.49. The van der Waals surface area contributed by atoms with E-state index >= 15 is 0 Å². The Morgan fingerprint density at radius 2 is 1.96 bits per heavy atom. The van der Waals surface area contributed by atoms with Gasteiger partial charge < -0.3 is 15.4 Å². The fourth-order valence-corrected chi connectivity index (χ4v) is 3.81. The molecule has 3 rings (SSSR count). The Morgan fingerprint density at radius 1 is 1.15 bits per heavy atom. The van der Waals surface area contributed by atoms with E-state index in [1.54, 1.807) is 30.3 Å². The number of halogens is 1. The van der Waals surface area contributed by atoms with Gasteiger partial charge in [-0.3, -0.25) is 9.59 Å². The number of hydrogen-bond donors (Lipinski definition) is 2. The molecular formula is C20H21IN2O3. The van der Waals surface area contributed by atoms with Crippen molar-refractivity contribution in [1.29, 1.82) is 0 Å². The molecule has 2 amide bonds. The number of rotatable bonds is 5. The number of aryl methyl sites for hydroxylation is 1. The van der Waals surface area contributed by atoms with Crippen LogP contribution in [0.3, 0.4) is 0 Å². The second kappa shape index (κ2) is 8.64. The van der Waals surface area contributed by atoms with E-state index in [0.29, 0.717) is 23.4 Å². The number of carbonyl (C=O) groups excluding carboxylic acids is 2. The number of carbonyl (C=O) groups is 2. The smallest absolute Gasteiger partial charge is 0.256 e. The maximum atomic E-state index is 12.6. The van der Waals surface area contributed by atoms with Crippen LogP contribution >= 0.6 is 22.6 Å². The molecule has 0 bridgehead atoms. The maximum Gasteiger partial charge on any atom is 0.256 e. The van der Waals surface area contributed by atoms with Crippen LogP contribution in [0.25, 0.3) is 0 Å². The third-order valence-corrected chi connectivity index (χ3v) is 5.20. The molecule has 1 unspecified atom stereocenters. The molecule has 1 fully saturated rings. The van der Waals surface area contributed by atoms with E-state index in [9.17, 15) is 9.59 Å². The van der Waals surface area contributed by atoms with Crippen LogP contribution in [0.4, 0.5) is 5.69 Å². The van der Waals surface area contributed by atoms with Crippen molar-refractivity contribution in [3.63, 3.8) is 0 Å². The van der Waals surface area contributed by atoms with Crippen molar-refractivity contribution in [2.45, 2.75) is 25.9 Å². The van der Waals surface area contributed by atoms with Crippen LogP contribution in [0.2, 0.25) is 0 Å². The standard InChI is InChI=1S/C20H21IN2O3/c1-13-8-9-15(17(21)11-13)20(25)23-18-7-3-2-6-16(18)19(24)22-12-14-5-4-10-26-14/h2-3,6-9,11,14H,4-5,10,12H2,1H3,(H,22,24)(H,23,25). The average molecular weight is 464 g/mol. The Bertz CT molecular complexity index is 816. The third kappa shape index (κ3) is 4.62. The summed E-state index contributed by atoms with van der Waals surface area (Å²) in [7, 11) is 0. The van der Waals surface area contributed by atoms with E-state index in [4.69, 9.17) is 4.74 Å². The Morgan fingerprint density at radius 3 is 2.69 bits per heavy atom. The Labute approximate surface area is 166 Å². The summed E-state index contributed by atoms with van der Waals surface area (Å²) >= 11 is 2.15.